The molecular weight excluding hydrogens is 352 g/mol. The number of hydrogen-bond acceptors (Lipinski definition) is 4. The summed E-state index contributed by atoms with van der Waals surface area (Å²) in [6, 6.07) is -0.0528. The standard InChI is InChI=1S/C18H28N4O3S/c1-12-15(13(2)21-20-12)11-19-17(23)18-8-4-3-5-16(18)22(14-6-7-14)26(24,25)10-9-18/h14,16H,3-11H2,1-2H3,(H,19,23)(H,20,21)/t16-,18-/m1/s1. The molecule has 2 N–H and O–H groups in total. The number of fused-ring (bicyclic) bond motifs is 1. The molecule has 1 aliphatic heterocycles. The molecule has 3 aliphatic rings. The molecule has 0 spiro atoms. The van der Waals surface area contributed by atoms with Crippen LogP contribution in [0.5, 0.6) is 0 Å². The van der Waals surface area contributed by atoms with Crippen molar-refractivity contribution in [3.63, 3.8) is 0 Å². The number of amides is 1. The lowest BCUT2D eigenvalue weighted by Gasteiger charge is -2.51. The van der Waals surface area contributed by atoms with Gasteiger partial charge in [0.1, 0.15) is 0 Å². The Bertz CT molecular complexity index is 795. The molecule has 2 saturated carbocycles. The van der Waals surface area contributed by atoms with Crippen molar-refractivity contribution in [3.8, 4) is 0 Å². The van der Waals surface area contributed by atoms with Crippen LogP contribution in [-0.4, -0.2) is 46.7 Å². The van der Waals surface area contributed by atoms with Crippen LogP contribution in [-0.2, 0) is 21.4 Å². The third-order valence-corrected chi connectivity index (χ3v) is 8.40. The van der Waals surface area contributed by atoms with Gasteiger partial charge in [0.05, 0.1) is 16.9 Å². The number of aryl methyl sites for hydroxylation is 2. The summed E-state index contributed by atoms with van der Waals surface area (Å²) < 4.78 is 27.1. The maximum absolute atomic E-state index is 13.3. The van der Waals surface area contributed by atoms with E-state index in [-0.39, 0.29) is 23.7 Å². The van der Waals surface area contributed by atoms with Crippen molar-refractivity contribution in [2.75, 3.05) is 5.75 Å². The molecule has 0 radical (unpaired) electrons. The SMILES string of the molecule is Cc1n[nH]c(C)c1CNC(=O)[C@@]12CCCC[C@H]1N(C1CC1)S(=O)(=O)CC2. The van der Waals surface area contributed by atoms with Crippen LogP contribution in [0.1, 0.15) is 61.9 Å². The topological polar surface area (TPSA) is 95.2 Å². The first kappa shape index (κ1) is 18.0. The first-order valence-electron chi connectivity index (χ1n) is 9.65. The van der Waals surface area contributed by atoms with Crippen LogP contribution in [0.4, 0.5) is 0 Å². The van der Waals surface area contributed by atoms with E-state index in [2.05, 4.69) is 15.5 Å². The molecule has 0 aromatic carbocycles. The number of carbonyl (C=O) groups is 1. The van der Waals surface area contributed by atoms with E-state index in [1.807, 2.05) is 13.8 Å². The molecule has 2 atom stereocenters. The molecule has 1 saturated heterocycles. The third kappa shape index (κ3) is 2.87. The first-order valence-corrected chi connectivity index (χ1v) is 11.3. The third-order valence-electron chi connectivity index (χ3n) is 6.49. The monoisotopic (exact) mass is 380 g/mol. The quantitative estimate of drug-likeness (QED) is 0.832. The average Bonchev–Trinajstić information content (AvgIpc) is 3.38. The number of aromatic nitrogens is 2. The Kier molecular flexibility index (Phi) is 4.38. The minimum Gasteiger partial charge on any atom is -0.351 e. The Morgan fingerprint density at radius 3 is 2.69 bits per heavy atom. The second-order valence-corrected chi connectivity index (χ2v) is 10.1. The summed E-state index contributed by atoms with van der Waals surface area (Å²) in [4.78, 5) is 13.3. The zero-order valence-electron chi connectivity index (χ0n) is 15.5. The maximum Gasteiger partial charge on any atom is 0.228 e. The number of sulfonamides is 1. The van der Waals surface area contributed by atoms with Gasteiger partial charge < -0.3 is 5.32 Å². The van der Waals surface area contributed by atoms with E-state index < -0.39 is 15.4 Å². The summed E-state index contributed by atoms with van der Waals surface area (Å²) in [5.74, 6) is 0.111. The van der Waals surface area contributed by atoms with Crippen molar-refractivity contribution in [1.82, 2.24) is 19.8 Å². The van der Waals surface area contributed by atoms with Gasteiger partial charge >= 0.3 is 0 Å². The number of hydrogen-bond donors (Lipinski definition) is 2. The summed E-state index contributed by atoms with van der Waals surface area (Å²) in [6.07, 6.45) is 5.88. The van der Waals surface area contributed by atoms with Crippen LogP contribution in [0.25, 0.3) is 0 Å². The van der Waals surface area contributed by atoms with Gasteiger partial charge in [-0.3, -0.25) is 9.89 Å². The molecule has 7 nitrogen and oxygen atoms in total. The highest BCUT2D eigenvalue weighted by Crippen LogP contribution is 2.50. The summed E-state index contributed by atoms with van der Waals surface area (Å²) in [7, 11) is -3.24. The van der Waals surface area contributed by atoms with Gasteiger partial charge in [-0.15, -0.1) is 0 Å². The highest BCUT2D eigenvalue weighted by molar-refractivity contribution is 7.89. The lowest BCUT2D eigenvalue weighted by atomic mass is 9.67. The largest absolute Gasteiger partial charge is 0.351 e. The molecule has 1 aromatic rings. The van der Waals surface area contributed by atoms with E-state index in [9.17, 15) is 13.2 Å². The first-order chi connectivity index (χ1) is 12.3. The fourth-order valence-corrected chi connectivity index (χ4v) is 7.06. The van der Waals surface area contributed by atoms with Gasteiger partial charge in [0.25, 0.3) is 0 Å². The molecule has 8 heteroatoms. The van der Waals surface area contributed by atoms with Gasteiger partial charge in [-0.2, -0.15) is 9.40 Å². The molecule has 26 heavy (non-hydrogen) atoms. The van der Waals surface area contributed by atoms with Crippen molar-refractivity contribution in [2.45, 2.75) is 77.4 Å². The Hall–Kier alpha value is -1.41. The number of nitrogens with one attached hydrogen (secondary N) is 2. The van der Waals surface area contributed by atoms with Gasteiger partial charge in [0.15, 0.2) is 0 Å². The lowest BCUT2D eigenvalue weighted by Crippen LogP contribution is -2.63. The molecule has 0 bridgehead atoms. The van der Waals surface area contributed by atoms with E-state index >= 15 is 0 Å². The molecule has 4 rings (SSSR count). The number of nitrogens with zero attached hydrogens (tertiary/aromatic N) is 2. The molecule has 144 valence electrons. The molecule has 1 amide bonds. The van der Waals surface area contributed by atoms with Crippen LogP contribution in [0, 0.1) is 19.3 Å². The van der Waals surface area contributed by atoms with Gasteiger partial charge in [-0.1, -0.05) is 12.8 Å². The Morgan fingerprint density at radius 1 is 1.27 bits per heavy atom. The van der Waals surface area contributed by atoms with Crippen molar-refractivity contribution >= 4 is 15.9 Å². The zero-order chi connectivity index (χ0) is 18.5. The zero-order valence-corrected chi connectivity index (χ0v) is 16.4. The van der Waals surface area contributed by atoms with Crippen molar-refractivity contribution in [3.05, 3.63) is 17.0 Å². The molecule has 1 aromatic heterocycles. The molecule has 2 aliphatic carbocycles. The average molecular weight is 381 g/mol. The number of H-pyrrole nitrogens is 1. The number of aromatic amines is 1. The summed E-state index contributed by atoms with van der Waals surface area (Å²) in [5, 5.41) is 10.2. The molecular formula is C18H28N4O3S. The van der Waals surface area contributed by atoms with Crippen molar-refractivity contribution in [1.29, 1.82) is 0 Å². The van der Waals surface area contributed by atoms with Crippen molar-refractivity contribution < 1.29 is 13.2 Å². The predicted octanol–water partition coefficient (Wildman–Crippen LogP) is 1.77. The number of carbonyl (C=O) groups excluding carboxylic acids is 1. The molecule has 0 unspecified atom stereocenters. The van der Waals surface area contributed by atoms with Gasteiger partial charge in [0.2, 0.25) is 15.9 Å². The van der Waals surface area contributed by atoms with Crippen LogP contribution < -0.4 is 5.32 Å². The van der Waals surface area contributed by atoms with E-state index in [0.717, 1.165) is 55.5 Å². The maximum atomic E-state index is 13.3. The van der Waals surface area contributed by atoms with E-state index in [0.29, 0.717) is 13.0 Å². The molecule has 2 heterocycles. The van der Waals surface area contributed by atoms with Gasteiger partial charge in [0, 0.05) is 29.9 Å². The van der Waals surface area contributed by atoms with Crippen LogP contribution >= 0.6 is 0 Å². The van der Waals surface area contributed by atoms with Gasteiger partial charge in [-0.05, 0) is 46.0 Å². The minimum absolute atomic E-state index is 0.0164. The Morgan fingerprint density at radius 2 is 2.04 bits per heavy atom. The smallest absolute Gasteiger partial charge is 0.228 e. The van der Waals surface area contributed by atoms with Crippen LogP contribution in [0.15, 0.2) is 0 Å². The summed E-state index contributed by atoms with van der Waals surface area (Å²) in [6.45, 7) is 4.32. The van der Waals surface area contributed by atoms with E-state index in [4.69, 9.17) is 0 Å². The number of rotatable bonds is 4. The highest BCUT2D eigenvalue weighted by atomic mass is 32.2. The van der Waals surface area contributed by atoms with Gasteiger partial charge in [-0.25, -0.2) is 8.42 Å². The molecule has 3 fully saturated rings. The Labute approximate surface area is 155 Å². The van der Waals surface area contributed by atoms with Crippen LogP contribution in [0.3, 0.4) is 0 Å². The summed E-state index contributed by atoms with van der Waals surface area (Å²) in [5.41, 5.74) is 2.31. The highest BCUT2D eigenvalue weighted by Gasteiger charge is 2.58. The lowest BCUT2D eigenvalue weighted by molar-refractivity contribution is -0.137. The van der Waals surface area contributed by atoms with E-state index in [1.165, 1.54) is 0 Å². The second kappa shape index (κ2) is 6.34. The van der Waals surface area contributed by atoms with E-state index in [1.54, 1.807) is 4.31 Å². The van der Waals surface area contributed by atoms with Crippen LogP contribution in [0.2, 0.25) is 0 Å². The Balaban J connectivity index is 1.59. The predicted molar refractivity (Wildman–Crippen MR) is 97.9 cm³/mol. The fourth-order valence-electron chi connectivity index (χ4n) is 4.86. The minimum atomic E-state index is -3.24. The summed E-state index contributed by atoms with van der Waals surface area (Å²) >= 11 is 0. The second-order valence-electron chi connectivity index (χ2n) is 8.14. The fraction of sp³-hybridized carbons (Fsp3) is 0.778. The van der Waals surface area contributed by atoms with Crippen molar-refractivity contribution in [2.24, 2.45) is 5.41 Å². The normalized spacial score (nSPS) is 31.4.